The molecule has 1 aromatic rings. The van der Waals surface area contributed by atoms with Crippen LogP contribution in [-0.2, 0) is 11.1 Å². The van der Waals surface area contributed by atoms with Crippen molar-refractivity contribution in [3.63, 3.8) is 0 Å². The zero-order valence-electron chi connectivity index (χ0n) is 8.37. The molecule has 0 aliphatic carbocycles. The van der Waals surface area contributed by atoms with Crippen molar-refractivity contribution in [3.05, 3.63) is 29.3 Å². The first-order chi connectivity index (χ1) is 6.02. The van der Waals surface area contributed by atoms with E-state index in [0.717, 1.165) is 5.56 Å². The summed E-state index contributed by atoms with van der Waals surface area (Å²) in [7, 11) is 0. The second-order valence-corrected chi connectivity index (χ2v) is 3.71. The molecule has 1 unspecified atom stereocenters. The number of aryl methyl sites for hydroxylation is 1. The molecule has 0 amide bonds. The van der Waals surface area contributed by atoms with Gasteiger partial charge in [-0.25, -0.2) is 0 Å². The topological polar surface area (TPSA) is 57.2 Å². The molecule has 0 fully saturated rings. The van der Waals surface area contributed by atoms with Crippen molar-refractivity contribution in [2.45, 2.75) is 18.7 Å². The number of carbonyl (C=O) groups excluding carboxylic acids is 1. The second-order valence-electron chi connectivity index (χ2n) is 2.77. The molecule has 0 N–H and O–H groups in total. The van der Waals surface area contributed by atoms with E-state index in [9.17, 15) is 13.6 Å². The minimum Gasteiger partial charge on any atom is -0.768 e. The maximum absolute atomic E-state index is 11.0. The molecule has 3 nitrogen and oxygen atoms in total. The summed E-state index contributed by atoms with van der Waals surface area (Å²) in [5, 5.41) is 0. The van der Waals surface area contributed by atoms with E-state index >= 15 is 0 Å². The largest absolute Gasteiger partial charge is 1.00 e. The van der Waals surface area contributed by atoms with Crippen molar-refractivity contribution in [2.75, 3.05) is 0 Å². The van der Waals surface area contributed by atoms with Gasteiger partial charge in [-0.05, 0) is 42.6 Å². The summed E-state index contributed by atoms with van der Waals surface area (Å²) >= 11 is -2.27. The first-order valence-corrected chi connectivity index (χ1v) is 4.80. The molecule has 5 heteroatoms. The van der Waals surface area contributed by atoms with Gasteiger partial charge in [0.05, 0.1) is 0 Å². The molecule has 1 rings (SSSR count). The van der Waals surface area contributed by atoms with Crippen LogP contribution in [0.15, 0.2) is 23.1 Å². The van der Waals surface area contributed by atoms with Crippen molar-refractivity contribution < 1.29 is 43.1 Å². The molecule has 0 radical (unpaired) electrons. The van der Waals surface area contributed by atoms with Crippen LogP contribution >= 0.6 is 0 Å². The summed E-state index contributed by atoms with van der Waals surface area (Å²) in [6.07, 6.45) is 0. The van der Waals surface area contributed by atoms with Gasteiger partial charge < -0.3 is 4.55 Å². The Labute approximate surface area is 107 Å². The fourth-order valence-electron chi connectivity index (χ4n) is 1.08. The summed E-state index contributed by atoms with van der Waals surface area (Å²) in [5.74, 6) is -0.121. The van der Waals surface area contributed by atoms with Crippen LogP contribution < -0.4 is 29.6 Å². The Hall–Kier alpha value is 0. The second kappa shape index (κ2) is 5.78. The van der Waals surface area contributed by atoms with Crippen LogP contribution in [0.25, 0.3) is 0 Å². The summed E-state index contributed by atoms with van der Waals surface area (Å²) in [6.45, 7) is 3.19. The fourth-order valence-corrected chi connectivity index (χ4v) is 1.48. The van der Waals surface area contributed by atoms with E-state index in [1.165, 1.54) is 19.1 Å². The number of Topliss-reactive ketones (excluding diaryl/α,β-unsaturated/α-hetero) is 1. The summed E-state index contributed by atoms with van der Waals surface area (Å²) in [6, 6.07) is 4.49. The maximum Gasteiger partial charge on any atom is 1.00 e. The van der Waals surface area contributed by atoms with Gasteiger partial charge in [0.1, 0.15) is 0 Å². The van der Waals surface area contributed by atoms with Gasteiger partial charge >= 0.3 is 29.6 Å². The summed E-state index contributed by atoms with van der Waals surface area (Å²) in [5.41, 5.74) is 1.25. The maximum atomic E-state index is 11.0. The van der Waals surface area contributed by atoms with Crippen molar-refractivity contribution in [1.29, 1.82) is 0 Å². The van der Waals surface area contributed by atoms with Gasteiger partial charge in [0, 0.05) is 10.5 Å². The number of rotatable bonds is 2. The van der Waals surface area contributed by atoms with Gasteiger partial charge in [-0.3, -0.25) is 9.00 Å². The van der Waals surface area contributed by atoms with E-state index in [4.69, 9.17) is 0 Å². The smallest absolute Gasteiger partial charge is 0.768 e. The van der Waals surface area contributed by atoms with Gasteiger partial charge in [-0.15, -0.1) is 0 Å². The fraction of sp³-hybridized carbons (Fsp3) is 0.222. The molecule has 1 atom stereocenters. The zero-order valence-corrected chi connectivity index (χ0v) is 11.2. The predicted molar refractivity (Wildman–Crippen MR) is 48.4 cm³/mol. The van der Waals surface area contributed by atoms with Crippen molar-refractivity contribution in [3.8, 4) is 0 Å². The first-order valence-electron chi connectivity index (χ1n) is 3.73. The number of hydrogen-bond donors (Lipinski definition) is 0. The zero-order chi connectivity index (χ0) is 10.0. The molecular weight excluding hydrogens is 211 g/mol. The van der Waals surface area contributed by atoms with Crippen LogP contribution in [0, 0.1) is 6.92 Å². The number of carbonyl (C=O) groups is 1. The summed E-state index contributed by atoms with van der Waals surface area (Å²) in [4.78, 5) is 11.2. The molecule has 0 aliphatic heterocycles. The van der Waals surface area contributed by atoms with Gasteiger partial charge in [-0.1, -0.05) is 6.07 Å². The Morgan fingerprint density at radius 3 is 2.43 bits per heavy atom. The molecule has 0 aliphatic rings. The molecule has 0 bridgehead atoms. The summed E-state index contributed by atoms with van der Waals surface area (Å²) < 4.78 is 21.2. The van der Waals surface area contributed by atoms with E-state index in [1.807, 2.05) is 0 Å². The number of hydrogen-bond acceptors (Lipinski definition) is 3. The van der Waals surface area contributed by atoms with Crippen LogP contribution in [0.5, 0.6) is 0 Å². The van der Waals surface area contributed by atoms with Gasteiger partial charge in [-0.2, -0.15) is 0 Å². The molecule has 0 saturated heterocycles. The van der Waals surface area contributed by atoms with Crippen LogP contribution in [0.1, 0.15) is 22.8 Å². The van der Waals surface area contributed by atoms with Crippen LogP contribution in [0.2, 0.25) is 0 Å². The van der Waals surface area contributed by atoms with E-state index in [1.54, 1.807) is 13.0 Å². The Bertz CT molecular complexity index is 376. The van der Waals surface area contributed by atoms with E-state index < -0.39 is 11.1 Å². The third kappa shape index (κ3) is 3.29. The van der Waals surface area contributed by atoms with Gasteiger partial charge in [0.25, 0.3) is 0 Å². The van der Waals surface area contributed by atoms with Crippen molar-refractivity contribution in [1.82, 2.24) is 0 Å². The standard InChI is InChI=1S/C9H10O3S.Na/c1-6-3-4-8(13(11)12)5-9(6)7(2)10;/h3-5H,1-2H3,(H,11,12);/q;+1/p-1. The van der Waals surface area contributed by atoms with Gasteiger partial charge in [0.2, 0.25) is 0 Å². The van der Waals surface area contributed by atoms with Crippen molar-refractivity contribution in [2.24, 2.45) is 0 Å². The molecule has 0 heterocycles. The number of benzene rings is 1. The molecule has 0 saturated carbocycles. The Morgan fingerprint density at radius 2 is 2.00 bits per heavy atom. The molecular formula is C9H9NaO3S. The Kier molecular flexibility index (Phi) is 5.78. The minimum atomic E-state index is -2.27. The molecule has 70 valence electrons. The Morgan fingerprint density at radius 1 is 1.43 bits per heavy atom. The van der Waals surface area contributed by atoms with Gasteiger partial charge in [0.15, 0.2) is 5.78 Å². The van der Waals surface area contributed by atoms with Crippen molar-refractivity contribution >= 4 is 16.9 Å². The molecule has 0 aromatic heterocycles. The number of ketones is 1. The molecule has 0 spiro atoms. The van der Waals surface area contributed by atoms with E-state index in [0.29, 0.717) is 5.56 Å². The quantitative estimate of drug-likeness (QED) is 0.344. The third-order valence-corrected chi connectivity index (χ3v) is 2.42. The van der Waals surface area contributed by atoms with Crippen LogP contribution in [-0.4, -0.2) is 14.5 Å². The first kappa shape index (κ1) is 14.0. The average Bonchev–Trinajstić information content (AvgIpc) is 2.04. The van der Waals surface area contributed by atoms with E-state index in [2.05, 4.69) is 0 Å². The SMILES string of the molecule is CC(=O)c1cc(S(=O)[O-])ccc1C.[Na+]. The third-order valence-electron chi connectivity index (χ3n) is 1.78. The van der Waals surface area contributed by atoms with Crippen LogP contribution in [0.3, 0.4) is 0 Å². The predicted octanol–water partition coefficient (Wildman–Crippen LogP) is -1.56. The monoisotopic (exact) mass is 220 g/mol. The Balaban J connectivity index is 0.00000169. The van der Waals surface area contributed by atoms with E-state index in [-0.39, 0.29) is 40.2 Å². The molecule has 14 heavy (non-hydrogen) atoms. The van der Waals surface area contributed by atoms with Crippen LogP contribution in [0.4, 0.5) is 0 Å². The average molecular weight is 220 g/mol. The minimum absolute atomic E-state index is 0. The normalized spacial score (nSPS) is 11.6. The molecule has 1 aromatic carbocycles.